The summed E-state index contributed by atoms with van der Waals surface area (Å²) in [5.41, 5.74) is 4.17. The van der Waals surface area contributed by atoms with Crippen molar-refractivity contribution in [2.75, 3.05) is 19.7 Å². The van der Waals surface area contributed by atoms with Crippen molar-refractivity contribution in [3.8, 4) is 0 Å². The zero-order valence-corrected chi connectivity index (χ0v) is 6.95. The van der Waals surface area contributed by atoms with E-state index in [0.29, 0.717) is 0 Å². The Hall–Kier alpha value is -0.610. The Morgan fingerprint density at radius 1 is 1.64 bits per heavy atom. The molecule has 0 aromatic carbocycles. The molecule has 0 bridgehead atoms. The standard InChI is InChI=1S/C6H13NO.CH3NO/c1-2-3-6-8-7-4-5-7;2-1-3/h2-6H2,1H3;1H,(H2,2,3). The summed E-state index contributed by atoms with van der Waals surface area (Å²) in [6, 6.07) is 0. The second kappa shape index (κ2) is 7.50. The number of carbonyl (C=O) groups excluding carboxylic acids is 1. The number of unbranched alkanes of at least 4 members (excludes halogenated alkanes) is 1. The van der Waals surface area contributed by atoms with Crippen LogP contribution in [0.1, 0.15) is 19.8 Å². The van der Waals surface area contributed by atoms with Crippen LogP contribution in [-0.4, -0.2) is 31.2 Å². The number of primary amides is 1. The van der Waals surface area contributed by atoms with Gasteiger partial charge in [0.15, 0.2) is 0 Å². The van der Waals surface area contributed by atoms with E-state index in [0.717, 1.165) is 19.7 Å². The molecule has 0 spiro atoms. The first-order valence-corrected chi connectivity index (χ1v) is 3.88. The molecule has 4 heteroatoms. The number of carbonyl (C=O) groups is 1. The van der Waals surface area contributed by atoms with Crippen molar-refractivity contribution in [1.29, 1.82) is 0 Å². The highest BCUT2D eigenvalue weighted by atomic mass is 16.7. The Kier molecular flexibility index (Phi) is 7.08. The summed E-state index contributed by atoms with van der Waals surface area (Å²) in [5.74, 6) is 0. The molecular formula is C7H16N2O2. The number of amides is 1. The van der Waals surface area contributed by atoms with Gasteiger partial charge in [0.1, 0.15) is 0 Å². The summed E-state index contributed by atoms with van der Waals surface area (Å²) < 4.78 is 0. The maximum absolute atomic E-state index is 8.58. The number of hydrogen-bond acceptors (Lipinski definition) is 3. The molecule has 1 fully saturated rings. The van der Waals surface area contributed by atoms with Crippen molar-refractivity contribution in [2.45, 2.75) is 19.8 Å². The largest absolute Gasteiger partial charge is 0.372 e. The van der Waals surface area contributed by atoms with Crippen LogP contribution in [-0.2, 0) is 9.63 Å². The van der Waals surface area contributed by atoms with E-state index in [1.54, 1.807) is 0 Å². The van der Waals surface area contributed by atoms with Crippen LogP contribution >= 0.6 is 0 Å². The van der Waals surface area contributed by atoms with Crippen LogP contribution < -0.4 is 5.73 Å². The van der Waals surface area contributed by atoms with E-state index >= 15 is 0 Å². The van der Waals surface area contributed by atoms with Crippen molar-refractivity contribution >= 4 is 6.41 Å². The molecule has 0 aromatic rings. The maximum atomic E-state index is 8.58. The average Bonchev–Trinajstić information content (AvgIpc) is 2.74. The molecule has 0 aromatic heterocycles. The molecule has 0 radical (unpaired) electrons. The average molecular weight is 160 g/mol. The summed E-state index contributed by atoms with van der Waals surface area (Å²) in [7, 11) is 0. The molecule has 4 nitrogen and oxygen atoms in total. The van der Waals surface area contributed by atoms with Crippen LogP contribution in [0.25, 0.3) is 0 Å². The minimum absolute atomic E-state index is 0.250. The van der Waals surface area contributed by atoms with Crippen LogP contribution in [0.4, 0.5) is 0 Å². The van der Waals surface area contributed by atoms with Crippen molar-refractivity contribution in [3.63, 3.8) is 0 Å². The summed E-state index contributed by atoms with van der Waals surface area (Å²) in [5, 5.41) is 1.98. The molecule has 66 valence electrons. The van der Waals surface area contributed by atoms with Gasteiger partial charge in [0.2, 0.25) is 6.41 Å². The first-order chi connectivity index (χ1) is 5.35. The molecule has 0 atom stereocenters. The van der Waals surface area contributed by atoms with Crippen molar-refractivity contribution in [2.24, 2.45) is 5.73 Å². The van der Waals surface area contributed by atoms with Gasteiger partial charge in [-0.05, 0) is 6.42 Å². The predicted octanol–water partition coefficient (Wildman–Crippen LogP) is 0.135. The molecule has 1 saturated heterocycles. The van der Waals surface area contributed by atoms with Gasteiger partial charge in [-0.25, -0.2) is 0 Å². The Bertz CT molecular complexity index is 94.4. The van der Waals surface area contributed by atoms with Crippen LogP contribution in [0.5, 0.6) is 0 Å². The number of hydrogen-bond donors (Lipinski definition) is 1. The van der Waals surface area contributed by atoms with Gasteiger partial charge < -0.3 is 5.73 Å². The first kappa shape index (κ1) is 10.4. The molecule has 1 rings (SSSR count). The lowest BCUT2D eigenvalue weighted by Gasteiger charge is -1.98. The highest BCUT2D eigenvalue weighted by molar-refractivity contribution is 5.42. The van der Waals surface area contributed by atoms with Crippen LogP contribution in [0.15, 0.2) is 0 Å². The van der Waals surface area contributed by atoms with Crippen molar-refractivity contribution < 1.29 is 9.63 Å². The number of hydroxylamine groups is 2. The summed E-state index contributed by atoms with van der Waals surface area (Å²) in [4.78, 5) is 13.8. The molecule has 1 amide bonds. The van der Waals surface area contributed by atoms with Gasteiger partial charge in [0, 0.05) is 13.1 Å². The van der Waals surface area contributed by atoms with E-state index in [1.165, 1.54) is 12.8 Å². The molecule has 1 aliphatic heterocycles. The monoisotopic (exact) mass is 160 g/mol. The first-order valence-electron chi connectivity index (χ1n) is 3.88. The SMILES string of the molecule is CCCCON1CC1.NC=O. The van der Waals surface area contributed by atoms with Gasteiger partial charge in [-0.1, -0.05) is 13.3 Å². The number of rotatable bonds is 4. The van der Waals surface area contributed by atoms with E-state index < -0.39 is 0 Å². The quantitative estimate of drug-likeness (QED) is 0.361. The molecule has 2 N–H and O–H groups in total. The van der Waals surface area contributed by atoms with E-state index in [9.17, 15) is 0 Å². The van der Waals surface area contributed by atoms with Crippen molar-refractivity contribution in [1.82, 2.24) is 5.06 Å². The lowest BCUT2D eigenvalue weighted by Crippen LogP contribution is -1.99. The third kappa shape index (κ3) is 9.39. The second-order valence-corrected chi connectivity index (χ2v) is 2.25. The molecule has 1 heterocycles. The molecule has 0 unspecified atom stereocenters. The van der Waals surface area contributed by atoms with Crippen molar-refractivity contribution in [3.05, 3.63) is 0 Å². The van der Waals surface area contributed by atoms with Gasteiger partial charge in [0.05, 0.1) is 6.61 Å². The number of nitrogens with two attached hydrogens (primary N) is 1. The molecule has 11 heavy (non-hydrogen) atoms. The lowest BCUT2D eigenvalue weighted by atomic mass is 10.4. The minimum Gasteiger partial charge on any atom is -0.372 e. The molecule has 0 saturated carbocycles. The van der Waals surface area contributed by atoms with Gasteiger partial charge in [-0.2, -0.15) is 5.06 Å². The highest BCUT2D eigenvalue weighted by Crippen LogP contribution is 2.04. The fraction of sp³-hybridized carbons (Fsp3) is 0.857. The van der Waals surface area contributed by atoms with Gasteiger partial charge >= 0.3 is 0 Å². The topological polar surface area (TPSA) is 55.3 Å². The maximum Gasteiger partial charge on any atom is 0.204 e. The Morgan fingerprint density at radius 2 is 2.18 bits per heavy atom. The summed E-state index contributed by atoms with van der Waals surface area (Å²) >= 11 is 0. The Balaban J connectivity index is 0.000000292. The smallest absolute Gasteiger partial charge is 0.204 e. The molecule has 0 aliphatic carbocycles. The molecule has 1 aliphatic rings. The van der Waals surface area contributed by atoms with E-state index in [4.69, 9.17) is 9.63 Å². The lowest BCUT2D eigenvalue weighted by molar-refractivity contribution is -0.106. The van der Waals surface area contributed by atoms with Crippen LogP contribution in [0.3, 0.4) is 0 Å². The predicted molar refractivity (Wildman–Crippen MR) is 42.7 cm³/mol. The van der Waals surface area contributed by atoms with E-state index in [-0.39, 0.29) is 6.41 Å². The summed E-state index contributed by atoms with van der Waals surface area (Å²) in [6.45, 7) is 5.37. The summed E-state index contributed by atoms with van der Waals surface area (Å²) in [6.07, 6.45) is 2.67. The second-order valence-electron chi connectivity index (χ2n) is 2.25. The number of nitrogens with zero attached hydrogens (tertiary/aromatic N) is 1. The van der Waals surface area contributed by atoms with Gasteiger partial charge in [-0.15, -0.1) is 0 Å². The molecular weight excluding hydrogens is 144 g/mol. The van der Waals surface area contributed by atoms with Gasteiger partial charge in [0.25, 0.3) is 0 Å². The Morgan fingerprint density at radius 3 is 2.55 bits per heavy atom. The van der Waals surface area contributed by atoms with E-state index in [2.05, 4.69) is 12.7 Å². The zero-order chi connectivity index (χ0) is 8.53. The minimum atomic E-state index is 0.250. The highest BCUT2D eigenvalue weighted by Gasteiger charge is 2.16. The zero-order valence-electron chi connectivity index (χ0n) is 6.95. The Labute approximate surface area is 67.3 Å². The van der Waals surface area contributed by atoms with Crippen LogP contribution in [0, 0.1) is 0 Å². The normalized spacial score (nSPS) is 15.0. The fourth-order valence-corrected chi connectivity index (χ4v) is 0.508. The van der Waals surface area contributed by atoms with Gasteiger partial charge in [-0.3, -0.25) is 9.63 Å². The van der Waals surface area contributed by atoms with E-state index in [1.807, 2.05) is 5.06 Å². The third-order valence-electron chi connectivity index (χ3n) is 1.18. The third-order valence-corrected chi connectivity index (χ3v) is 1.18. The van der Waals surface area contributed by atoms with Crippen LogP contribution in [0.2, 0.25) is 0 Å². The fourth-order valence-electron chi connectivity index (χ4n) is 0.508.